The van der Waals surface area contributed by atoms with Crippen LogP contribution < -0.4 is 11.1 Å². The minimum Gasteiger partial charge on any atom is -0.382 e. The lowest BCUT2D eigenvalue weighted by atomic mass is 10.2. The average molecular weight is 337 g/mol. The minimum absolute atomic E-state index is 0.130. The third-order valence-electron chi connectivity index (χ3n) is 4.32. The van der Waals surface area contributed by atoms with Crippen LogP contribution in [-0.4, -0.2) is 19.5 Å². The van der Waals surface area contributed by atoms with Crippen molar-refractivity contribution in [3.05, 3.63) is 41.7 Å². The van der Waals surface area contributed by atoms with Crippen molar-refractivity contribution in [1.82, 2.24) is 19.5 Å². The van der Waals surface area contributed by atoms with Gasteiger partial charge in [-0.3, -0.25) is 0 Å². The largest absolute Gasteiger partial charge is 0.382 e. The van der Waals surface area contributed by atoms with Gasteiger partial charge in [0.25, 0.3) is 0 Å². The molecule has 1 aliphatic carbocycles. The van der Waals surface area contributed by atoms with Crippen LogP contribution in [0.15, 0.2) is 24.5 Å². The molecule has 3 N–H and O–H groups in total. The van der Waals surface area contributed by atoms with E-state index in [2.05, 4.69) is 24.8 Å². The first-order valence-corrected chi connectivity index (χ1v) is 8.03. The van der Waals surface area contributed by atoms with Gasteiger partial charge >= 0.3 is 0 Å². The summed E-state index contributed by atoms with van der Waals surface area (Å²) in [6.07, 6.45) is 3.40. The molecule has 25 heavy (non-hydrogen) atoms. The van der Waals surface area contributed by atoms with Crippen molar-refractivity contribution in [3.8, 4) is 6.07 Å². The lowest BCUT2D eigenvalue weighted by Gasteiger charge is -2.17. The van der Waals surface area contributed by atoms with E-state index in [4.69, 9.17) is 5.73 Å². The van der Waals surface area contributed by atoms with E-state index < -0.39 is 0 Å². The molecule has 0 amide bonds. The van der Waals surface area contributed by atoms with Gasteiger partial charge in [0.15, 0.2) is 0 Å². The van der Waals surface area contributed by atoms with Crippen LogP contribution in [0.5, 0.6) is 0 Å². The Labute approximate surface area is 143 Å². The van der Waals surface area contributed by atoms with E-state index in [0.717, 1.165) is 29.7 Å². The van der Waals surface area contributed by atoms with Crippen molar-refractivity contribution in [2.75, 3.05) is 11.1 Å². The maximum Gasteiger partial charge on any atom is 0.150 e. The van der Waals surface area contributed by atoms with Crippen molar-refractivity contribution in [2.45, 2.75) is 31.8 Å². The zero-order chi connectivity index (χ0) is 17.6. The molecule has 1 aromatic carbocycles. The highest BCUT2D eigenvalue weighted by Crippen LogP contribution is 2.40. The predicted octanol–water partition coefficient (Wildman–Crippen LogP) is 2.93. The number of nitrogens with one attached hydrogen (secondary N) is 1. The number of fused-ring (bicyclic) bond motifs is 1. The number of imidazole rings is 1. The van der Waals surface area contributed by atoms with Crippen molar-refractivity contribution in [2.24, 2.45) is 0 Å². The number of benzene rings is 1. The van der Waals surface area contributed by atoms with Crippen LogP contribution in [0, 0.1) is 17.1 Å². The van der Waals surface area contributed by atoms with Gasteiger partial charge in [-0.25, -0.2) is 19.3 Å². The van der Waals surface area contributed by atoms with Gasteiger partial charge in [-0.15, -0.1) is 0 Å². The van der Waals surface area contributed by atoms with E-state index in [1.165, 1.54) is 18.5 Å². The number of nitriles is 1. The molecule has 7 nitrogen and oxygen atoms in total. The Hall–Kier alpha value is -3.21. The monoisotopic (exact) mass is 337 g/mol. The van der Waals surface area contributed by atoms with Crippen LogP contribution in [0.1, 0.15) is 43.2 Å². The maximum absolute atomic E-state index is 13.7. The molecule has 0 aliphatic heterocycles. The summed E-state index contributed by atoms with van der Waals surface area (Å²) in [6, 6.07) is 6.72. The summed E-state index contributed by atoms with van der Waals surface area (Å²) in [5.41, 5.74) is 7.48. The van der Waals surface area contributed by atoms with Crippen LogP contribution in [0.25, 0.3) is 11.0 Å². The Morgan fingerprint density at radius 2 is 2.20 bits per heavy atom. The first-order chi connectivity index (χ1) is 12.1. The van der Waals surface area contributed by atoms with Gasteiger partial charge in [-0.1, -0.05) is 0 Å². The molecule has 2 heterocycles. The van der Waals surface area contributed by atoms with Crippen molar-refractivity contribution in [1.29, 1.82) is 5.26 Å². The molecular weight excluding hydrogens is 321 g/mol. The molecule has 0 radical (unpaired) electrons. The quantitative estimate of drug-likeness (QED) is 0.758. The first-order valence-electron chi connectivity index (χ1n) is 8.03. The summed E-state index contributed by atoms with van der Waals surface area (Å²) in [5.74, 6) is 0.994. The lowest BCUT2D eigenvalue weighted by molar-refractivity contribution is 0.625. The van der Waals surface area contributed by atoms with Gasteiger partial charge in [0.05, 0.1) is 17.1 Å². The molecule has 0 unspecified atom stereocenters. The van der Waals surface area contributed by atoms with Gasteiger partial charge in [0.2, 0.25) is 0 Å². The van der Waals surface area contributed by atoms with E-state index in [9.17, 15) is 9.65 Å². The molecule has 4 rings (SSSR count). The molecule has 0 saturated heterocycles. The van der Waals surface area contributed by atoms with E-state index >= 15 is 0 Å². The second-order valence-corrected chi connectivity index (χ2v) is 6.16. The smallest absolute Gasteiger partial charge is 0.150 e. The number of nitrogens with two attached hydrogens (primary N) is 1. The number of halogens is 1. The van der Waals surface area contributed by atoms with Crippen molar-refractivity contribution >= 4 is 22.7 Å². The average Bonchev–Trinajstić information content (AvgIpc) is 3.35. The number of hydrogen-bond acceptors (Lipinski definition) is 6. The normalized spacial score (nSPS) is 15.1. The molecule has 3 aromatic rings. The summed E-state index contributed by atoms with van der Waals surface area (Å²) in [4.78, 5) is 12.6. The van der Waals surface area contributed by atoms with Gasteiger partial charge in [0.1, 0.15) is 41.2 Å². The van der Waals surface area contributed by atoms with Gasteiger partial charge in [0, 0.05) is 6.04 Å². The SMILES string of the molecule is C[C@H](Nc1ncnc(N)c1C#N)c1nc2ccc(F)cc2n1C1CC1. The molecule has 1 saturated carbocycles. The fourth-order valence-electron chi connectivity index (χ4n) is 3.00. The maximum atomic E-state index is 13.7. The highest BCUT2D eigenvalue weighted by atomic mass is 19.1. The molecule has 0 spiro atoms. The van der Waals surface area contributed by atoms with E-state index in [0.29, 0.717) is 11.9 Å². The molecule has 1 aliphatic rings. The molecule has 1 fully saturated rings. The van der Waals surface area contributed by atoms with Crippen molar-refractivity contribution in [3.63, 3.8) is 0 Å². The summed E-state index contributed by atoms with van der Waals surface area (Å²) in [5, 5.41) is 12.5. The van der Waals surface area contributed by atoms with Crippen LogP contribution in [0.3, 0.4) is 0 Å². The number of nitrogens with zero attached hydrogens (tertiary/aromatic N) is 5. The third kappa shape index (κ3) is 2.63. The second kappa shape index (κ2) is 5.70. The highest BCUT2D eigenvalue weighted by molar-refractivity contribution is 5.77. The summed E-state index contributed by atoms with van der Waals surface area (Å²) < 4.78 is 15.8. The van der Waals surface area contributed by atoms with Crippen LogP contribution in [0.2, 0.25) is 0 Å². The molecule has 8 heteroatoms. The van der Waals surface area contributed by atoms with Crippen LogP contribution >= 0.6 is 0 Å². The van der Waals surface area contributed by atoms with E-state index in [1.54, 1.807) is 6.07 Å². The Kier molecular flexibility index (Phi) is 3.50. The third-order valence-corrected chi connectivity index (χ3v) is 4.32. The van der Waals surface area contributed by atoms with E-state index in [1.807, 2.05) is 13.0 Å². The standard InChI is InChI=1S/C17H16FN7/c1-9(23-16-12(7-19)15(20)21-8-22-16)17-24-13-5-2-10(18)6-14(13)25(17)11-3-4-11/h2,5-6,8-9,11H,3-4H2,1H3,(H3,20,21,22,23)/t9-/m0/s1. The minimum atomic E-state index is -0.281. The fraction of sp³-hybridized carbons (Fsp3) is 0.294. The molecular formula is C17H16FN7. The molecule has 2 aromatic heterocycles. The predicted molar refractivity (Wildman–Crippen MR) is 91.2 cm³/mol. The number of hydrogen-bond donors (Lipinski definition) is 2. The van der Waals surface area contributed by atoms with Gasteiger partial charge < -0.3 is 15.6 Å². The van der Waals surface area contributed by atoms with Crippen LogP contribution in [0.4, 0.5) is 16.0 Å². The Bertz CT molecular complexity index is 1000. The summed E-state index contributed by atoms with van der Waals surface area (Å²) >= 11 is 0. The summed E-state index contributed by atoms with van der Waals surface area (Å²) in [6.45, 7) is 1.93. The second-order valence-electron chi connectivity index (χ2n) is 6.16. The van der Waals surface area contributed by atoms with Crippen molar-refractivity contribution < 1.29 is 4.39 Å². The fourth-order valence-corrected chi connectivity index (χ4v) is 3.00. The number of anilines is 2. The van der Waals surface area contributed by atoms with E-state index in [-0.39, 0.29) is 23.2 Å². The Morgan fingerprint density at radius 3 is 2.92 bits per heavy atom. The Morgan fingerprint density at radius 1 is 1.40 bits per heavy atom. The first kappa shape index (κ1) is 15.3. The van der Waals surface area contributed by atoms with Gasteiger partial charge in [-0.2, -0.15) is 5.26 Å². The number of aromatic nitrogens is 4. The molecule has 126 valence electrons. The number of rotatable bonds is 4. The highest BCUT2D eigenvalue weighted by Gasteiger charge is 2.30. The number of nitrogen functional groups attached to an aromatic ring is 1. The molecule has 1 atom stereocenters. The topological polar surface area (TPSA) is 105 Å². The molecule has 0 bridgehead atoms. The summed E-state index contributed by atoms with van der Waals surface area (Å²) in [7, 11) is 0. The zero-order valence-corrected chi connectivity index (χ0v) is 13.6. The zero-order valence-electron chi connectivity index (χ0n) is 13.6. The lowest BCUT2D eigenvalue weighted by Crippen LogP contribution is -2.15. The van der Waals surface area contributed by atoms with Gasteiger partial charge in [-0.05, 0) is 38.0 Å². The Balaban J connectivity index is 1.76. The van der Waals surface area contributed by atoms with Crippen LogP contribution in [-0.2, 0) is 0 Å².